The third-order valence-electron chi connectivity index (χ3n) is 3.52. The molecule has 0 bridgehead atoms. The smallest absolute Gasteiger partial charge is 0.303 e. The SMILES string of the molecule is O=C(O)CCc1c(O)c2ccc(F)cc2[n+]2ccccc12. The lowest BCUT2D eigenvalue weighted by molar-refractivity contribution is -0.482. The Morgan fingerprint density at radius 2 is 2.00 bits per heavy atom. The summed E-state index contributed by atoms with van der Waals surface area (Å²) in [7, 11) is 0. The Labute approximate surface area is 119 Å². The second kappa shape index (κ2) is 5.01. The number of benzene rings is 1. The molecule has 3 rings (SSSR count). The third kappa shape index (κ3) is 2.27. The topological polar surface area (TPSA) is 61.6 Å². The van der Waals surface area contributed by atoms with E-state index in [1.54, 1.807) is 28.8 Å². The van der Waals surface area contributed by atoms with Crippen LogP contribution in [0.2, 0.25) is 0 Å². The van der Waals surface area contributed by atoms with Crippen LogP contribution in [-0.2, 0) is 11.2 Å². The number of aliphatic carboxylic acids is 1. The number of carboxylic acid groups (broad SMARTS) is 1. The van der Waals surface area contributed by atoms with Crippen LogP contribution in [-0.4, -0.2) is 16.2 Å². The zero-order valence-corrected chi connectivity index (χ0v) is 11.1. The molecule has 2 aromatic heterocycles. The molecule has 0 fully saturated rings. The fourth-order valence-corrected chi connectivity index (χ4v) is 2.57. The fraction of sp³-hybridized carbons (Fsp3) is 0.125. The maximum absolute atomic E-state index is 13.5. The average molecular weight is 286 g/mol. The van der Waals surface area contributed by atoms with Gasteiger partial charge in [-0.15, -0.1) is 0 Å². The number of carboxylic acids is 1. The zero-order valence-electron chi connectivity index (χ0n) is 11.1. The summed E-state index contributed by atoms with van der Waals surface area (Å²) >= 11 is 0. The summed E-state index contributed by atoms with van der Waals surface area (Å²) in [6, 6.07) is 9.51. The van der Waals surface area contributed by atoms with Crippen LogP contribution in [0.5, 0.6) is 5.75 Å². The van der Waals surface area contributed by atoms with Crippen molar-refractivity contribution < 1.29 is 23.8 Å². The number of fused-ring (bicyclic) bond motifs is 3. The van der Waals surface area contributed by atoms with Crippen molar-refractivity contribution in [3.05, 3.63) is 54.0 Å². The monoisotopic (exact) mass is 286 g/mol. The molecule has 5 heteroatoms. The predicted molar refractivity (Wildman–Crippen MR) is 74.7 cm³/mol. The van der Waals surface area contributed by atoms with Gasteiger partial charge in [-0.3, -0.25) is 4.79 Å². The molecule has 0 aliphatic rings. The third-order valence-corrected chi connectivity index (χ3v) is 3.52. The lowest BCUT2D eigenvalue weighted by Crippen LogP contribution is -2.24. The molecule has 0 saturated carbocycles. The minimum absolute atomic E-state index is 0.0115. The molecule has 0 aliphatic carbocycles. The van der Waals surface area contributed by atoms with Crippen LogP contribution in [0.3, 0.4) is 0 Å². The van der Waals surface area contributed by atoms with Gasteiger partial charge >= 0.3 is 5.97 Å². The van der Waals surface area contributed by atoms with Gasteiger partial charge in [0.25, 0.3) is 0 Å². The van der Waals surface area contributed by atoms with E-state index in [0.29, 0.717) is 22.0 Å². The minimum atomic E-state index is -0.928. The number of nitrogens with zero attached hydrogens (tertiary/aromatic N) is 1. The van der Waals surface area contributed by atoms with E-state index in [1.165, 1.54) is 18.2 Å². The number of pyridine rings is 2. The lowest BCUT2D eigenvalue weighted by Gasteiger charge is -2.07. The molecule has 4 nitrogen and oxygen atoms in total. The standard InChI is InChI=1S/C16H12FNO3/c17-10-4-5-12-14(9-10)18-8-2-1-3-13(18)11(16(12)21)6-7-15(19)20/h1-5,8-9H,6-7H2,(H,19,20)/p+1. The van der Waals surface area contributed by atoms with Gasteiger partial charge in [-0.2, -0.15) is 4.40 Å². The van der Waals surface area contributed by atoms with Crippen LogP contribution >= 0.6 is 0 Å². The summed E-state index contributed by atoms with van der Waals surface area (Å²) < 4.78 is 15.2. The van der Waals surface area contributed by atoms with Crippen LogP contribution in [0, 0.1) is 5.82 Å². The van der Waals surface area contributed by atoms with Crippen molar-refractivity contribution in [1.82, 2.24) is 0 Å². The Morgan fingerprint density at radius 3 is 2.76 bits per heavy atom. The Bertz CT molecular complexity index is 861. The minimum Gasteiger partial charge on any atom is -0.507 e. The van der Waals surface area contributed by atoms with Crippen molar-refractivity contribution >= 4 is 22.4 Å². The van der Waals surface area contributed by atoms with Crippen molar-refractivity contribution in [2.24, 2.45) is 0 Å². The Kier molecular flexibility index (Phi) is 3.17. The zero-order chi connectivity index (χ0) is 15.0. The van der Waals surface area contributed by atoms with E-state index in [1.807, 2.05) is 0 Å². The number of aromatic nitrogens is 1. The van der Waals surface area contributed by atoms with Gasteiger partial charge in [0.05, 0.1) is 10.9 Å². The molecule has 3 aromatic rings. The molecule has 2 N–H and O–H groups in total. The van der Waals surface area contributed by atoms with Gasteiger partial charge in [0.1, 0.15) is 11.6 Å². The molecule has 2 heterocycles. The summed E-state index contributed by atoms with van der Waals surface area (Å²) in [5.74, 6) is -1.31. The van der Waals surface area contributed by atoms with Crippen molar-refractivity contribution in [1.29, 1.82) is 0 Å². The van der Waals surface area contributed by atoms with Crippen LogP contribution in [0.15, 0.2) is 42.6 Å². The molecule has 0 radical (unpaired) electrons. The van der Waals surface area contributed by atoms with Crippen LogP contribution < -0.4 is 4.40 Å². The Hall–Kier alpha value is -2.69. The summed E-state index contributed by atoms with van der Waals surface area (Å²) in [5.41, 5.74) is 1.77. The average Bonchev–Trinajstić information content (AvgIpc) is 2.46. The van der Waals surface area contributed by atoms with Crippen LogP contribution in [0.1, 0.15) is 12.0 Å². The molecule has 0 atom stereocenters. The quantitative estimate of drug-likeness (QED) is 0.574. The summed E-state index contributed by atoms with van der Waals surface area (Å²) in [5, 5.41) is 19.8. The van der Waals surface area contributed by atoms with E-state index in [2.05, 4.69) is 0 Å². The predicted octanol–water partition coefficient (Wildman–Crippen LogP) is 2.44. The molecule has 0 amide bonds. The van der Waals surface area contributed by atoms with Gasteiger partial charge in [0, 0.05) is 24.6 Å². The van der Waals surface area contributed by atoms with Crippen LogP contribution in [0.25, 0.3) is 16.4 Å². The van der Waals surface area contributed by atoms with Gasteiger partial charge in [0.15, 0.2) is 6.20 Å². The molecule has 0 spiro atoms. The summed E-state index contributed by atoms with van der Waals surface area (Å²) in [6.45, 7) is 0. The van der Waals surface area contributed by atoms with Crippen LogP contribution in [0.4, 0.5) is 4.39 Å². The number of aryl methyl sites for hydroxylation is 1. The first-order valence-electron chi connectivity index (χ1n) is 6.53. The second-order valence-electron chi connectivity index (χ2n) is 4.84. The highest BCUT2D eigenvalue weighted by atomic mass is 19.1. The number of hydrogen-bond donors (Lipinski definition) is 2. The van der Waals surface area contributed by atoms with Crippen molar-refractivity contribution in [3.8, 4) is 5.75 Å². The normalized spacial score (nSPS) is 11.1. The number of aromatic hydroxyl groups is 1. The van der Waals surface area contributed by atoms with Crippen molar-refractivity contribution in [3.63, 3.8) is 0 Å². The van der Waals surface area contributed by atoms with Gasteiger partial charge < -0.3 is 10.2 Å². The second-order valence-corrected chi connectivity index (χ2v) is 4.84. The van der Waals surface area contributed by atoms with Crippen molar-refractivity contribution in [2.75, 3.05) is 0 Å². The molecule has 0 unspecified atom stereocenters. The van der Waals surface area contributed by atoms with Gasteiger partial charge in [-0.05, 0) is 24.6 Å². The number of hydrogen-bond acceptors (Lipinski definition) is 2. The number of halogens is 1. The summed E-state index contributed by atoms with van der Waals surface area (Å²) in [4.78, 5) is 10.8. The Balaban J connectivity index is 2.37. The molecule has 1 aromatic carbocycles. The fourth-order valence-electron chi connectivity index (χ4n) is 2.57. The maximum Gasteiger partial charge on any atom is 0.303 e. The molecular weight excluding hydrogens is 273 g/mol. The van der Waals surface area contributed by atoms with E-state index >= 15 is 0 Å². The molecule has 106 valence electrons. The maximum atomic E-state index is 13.5. The Morgan fingerprint density at radius 1 is 1.19 bits per heavy atom. The highest BCUT2D eigenvalue weighted by Gasteiger charge is 2.21. The number of carbonyl (C=O) groups is 1. The van der Waals surface area contributed by atoms with Gasteiger partial charge in [-0.25, -0.2) is 4.39 Å². The van der Waals surface area contributed by atoms with E-state index in [0.717, 1.165) is 0 Å². The highest BCUT2D eigenvalue weighted by Crippen LogP contribution is 2.30. The highest BCUT2D eigenvalue weighted by molar-refractivity contribution is 5.86. The largest absolute Gasteiger partial charge is 0.507 e. The van der Waals surface area contributed by atoms with Gasteiger partial charge in [0.2, 0.25) is 11.0 Å². The molecule has 21 heavy (non-hydrogen) atoms. The lowest BCUT2D eigenvalue weighted by atomic mass is 10.0. The molecular formula is C16H13FNO3+. The first kappa shape index (κ1) is 13.3. The molecule has 0 aliphatic heterocycles. The van der Waals surface area contributed by atoms with E-state index < -0.39 is 11.8 Å². The van der Waals surface area contributed by atoms with E-state index in [9.17, 15) is 14.3 Å². The first-order chi connectivity index (χ1) is 10.1. The van der Waals surface area contributed by atoms with Crippen molar-refractivity contribution in [2.45, 2.75) is 12.8 Å². The van der Waals surface area contributed by atoms with E-state index in [4.69, 9.17) is 5.11 Å². The molecule has 0 saturated heterocycles. The number of rotatable bonds is 3. The summed E-state index contributed by atoms with van der Waals surface area (Å²) in [6.07, 6.45) is 1.90. The van der Waals surface area contributed by atoms with Gasteiger partial charge in [-0.1, -0.05) is 0 Å². The first-order valence-corrected chi connectivity index (χ1v) is 6.53. The van der Waals surface area contributed by atoms with E-state index in [-0.39, 0.29) is 18.6 Å².